The van der Waals surface area contributed by atoms with Gasteiger partial charge >= 0.3 is 6.18 Å². The van der Waals surface area contributed by atoms with Gasteiger partial charge in [0.2, 0.25) is 0 Å². The molecule has 0 aliphatic carbocycles. The third-order valence-electron chi connectivity index (χ3n) is 4.47. The van der Waals surface area contributed by atoms with Crippen molar-refractivity contribution in [1.82, 2.24) is 5.32 Å². The Morgan fingerprint density at radius 1 is 1.29 bits per heavy atom. The van der Waals surface area contributed by atoms with Crippen molar-refractivity contribution in [3.8, 4) is 0 Å². The van der Waals surface area contributed by atoms with E-state index in [1.54, 1.807) is 13.1 Å². The number of nitrogens with one attached hydrogen (secondary N) is 1. The molecule has 2 rings (SSSR count). The van der Waals surface area contributed by atoms with E-state index in [2.05, 4.69) is 24.1 Å². The highest BCUT2D eigenvalue weighted by atomic mass is 19.4. The number of benzene rings is 1. The first-order valence-corrected chi connectivity index (χ1v) is 7.46. The number of hydrogen-bond donors (Lipinski definition) is 1. The fourth-order valence-electron chi connectivity index (χ4n) is 3.05. The summed E-state index contributed by atoms with van der Waals surface area (Å²) in [7, 11) is 1.66. The molecule has 1 saturated heterocycles. The van der Waals surface area contributed by atoms with Crippen molar-refractivity contribution >= 4 is 5.69 Å². The maximum absolute atomic E-state index is 13.2. The van der Waals surface area contributed by atoms with E-state index < -0.39 is 11.7 Å². The molecular formula is C16H23F3N2. The minimum atomic E-state index is -4.31. The first kappa shape index (κ1) is 16.1. The Kier molecular flexibility index (Phi) is 4.81. The molecule has 1 aliphatic heterocycles. The van der Waals surface area contributed by atoms with Crippen molar-refractivity contribution in [2.75, 3.05) is 18.5 Å². The van der Waals surface area contributed by atoms with Crippen LogP contribution in [0, 0.1) is 5.92 Å². The molecule has 118 valence electrons. The zero-order chi connectivity index (χ0) is 15.6. The van der Waals surface area contributed by atoms with Crippen LogP contribution in [0.5, 0.6) is 0 Å². The van der Waals surface area contributed by atoms with E-state index in [0.29, 0.717) is 17.2 Å². The second kappa shape index (κ2) is 6.26. The lowest BCUT2D eigenvalue weighted by molar-refractivity contribution is -0.138. The lowest BCUT2D eigenvalue weighted by atomic mass is 9.91. The van der Waals surface area contributed by atoms with Crippen LogP contribution in [0.25, 0.3) is 0 Å². The molecule has 2 unspecified atom stereocenters. The summed E-state index contributed by atoms with van der Waals surface area (Å²) >= 11 is 0. The quantitative estimate of drug-likeness (QED) is 0.906. The van der Waals surface area contributed by atoms with E-state index in [9.17, 15) is 13.2 Å². The SMILES string of the molecule is CNCc1ccc(N2CCCC(C)C2C)cc1C(F)(F)F. The molecule has 1 N–H and O–H groups in total. The highest BCUT2D eigenvalue weighted by Gasteiger charge is 2.34. The van der Waals surface area contributed by atoms with Crippen LogP contribution in [0.1, 0.15) is 37.8 Å². The zero-order valence-electron chi connectivity index (χ0n) is 12.8. The lowest BCUT2D eigenvalue weighted by Crippen LogP contribution is -2.42. The van der Waals surface area contributed by atoms with E-state index in [1.165, 1.54) is 6.07 Å². The average molecular weight is 300 g/mol. The number of nitrogens with zero attached hydrogens (tertiary/aromatic N) is 1. The standard InChI is InChI=1S/C16H23F3N2/c1-11-5-4-8-21(12(11)2)14-7-6-13(10-20-3)15(9-14)16(17,18)19/h6-7,9,11-12,20H,4-5,8,10H2,1-3H3. The van der Waals surface area contributed by atoms with Crippen LogP contribution in [0.2, 0.25) is 0 Å². The van der Waals surface area contributed by atoms with Gasteiger partial charge in [-0.1, -0.05) is 13.0 Å². The normalized spacial score (nSPS) is 23.4. The molecular weight excluding hydrogens is 277 g/mol. The van der Waals surface area contributed by atoms with E-state index in [0.717, 1.165) is 19.4 Å². The predicted octanol–water partition coefficient (Wildman–Crippen LogP) is 4.05. The Balaban J connectivity index is 2.37. The summed E-state index contributed by atoms with van der Waals surface area (Å²) < 4.78 is 39.7. The maximum Gasteiger partial charge on any atom is 0.416 e. The molecule has 5 heteroatoms. The molecule has 0 saturated carbocycles. The first-order valence-electron chi connectivity index (χ1n) is 7.46. The molecule has 21 heavy (non-hydrogen) atoms. The summed E-state index contributed by atoms with van der Waals surface area (Å²) in [4.78, 5) is 2.10. The lowest BCUT2D eigenvalue weighted by Gasteiger charge is -2.40. The Labute approximate surface area is 124 Å². The van der Waals surface area contributed by atoms with Gasteiger partial charge in [0, 0.05) is 24.8 Å². The van der Waals surface area contributed by atoms with Gasteiger partial charge in [-0.15, -0.1) is 0 Å². The van der Waals surface area contributed by atoms with Crippen molar-refractivity contribution < 1.29 is 13.2 Å². The highest BCUT2D eigenvalue weighted by Crippen LogP contribution is 2.36. The molecule has 0 bridgehead atoms. The summed E-state index contributed by atoms with van der Waals surface area (Å²) in [5, 5.41) is 2.80. The van der Waals surface area contributed by atoms with Crippen LogP contribution in [0.15, 0.2) is 18.2 Å². The van der Waals surface area contributed by atoms with Crippen LogP contribution in [-0.4, -0.2) is 19.6 Å². The first-order chi connectivity index (χ1) is 9.84. The molecule has 2 atom stereocenters. The van der Waals surface area contributed by atoms with Crippen molar-refractivity contribution in [2.24, 2.45) is 5.92 Å². The molecule has 1 fully saturated rings. The van der Waals surface area contributed by atoms with Crippen molar-refractivity contribution in [1.29, 1.82) is 0 Å². The largest absolute Gasteiger partial charge is 0.416 e. The minimum Gasteiger partial charge on any atom is -0.369 e. The summed E-state index contributed by atoms with van der Waals surface area (Å²) in [6.07, 6.45) is -2.14. The Hall–Kier alpha value is -1.23. The fourth-order valence-corrected chi connectivity index (χ4v) is 3.05. The second-order valence-corrected chi connectivity index (χ2v) is 5.92. The predicted molar refractivity (Wildman–Crippen MR) is 79.4 cm³/mol. The molecule has 2 nitrogen and oxygen atoms in total. The molecule has 1 aromatic rings. The van der Waals surface area contributed by atoms with Crippen molar-refractivity contribution in [3.05, 3.63) is 29.3 Å². The number of halogens is 3. The van der Waals surface area contributed by atoms with E-state index in [-0.39, 0.29) is 12.6 Å². The number of piperidine rings is 1. The number of hydrogen-bond acceptors (Lipinski definition) is 2. The molecule has 0 aromatic heterocycles. The summed E-state index contributed by atoms with van der Waals surface area (Å²) in [6.45, 7) is 5.31. The third-order valence-corrected chi connectivity index (χ3v) is 4.47. The Bertz CT molecular complexity index is 485. The van der Waals surface area contributed by atoms with Crippen LogP contribution >= 0.6 is 0 Å². The summed E-state index contributed by atoms with van der Waals surface area (Å²) in [5.74, 6) is 0.505. The maximum atomic E-state index is 13.2. The van der Waals surface area contributed by atoms with Crippen LogP contribution in [0.4, 0.5) is 18.9 Å². The zero-order valence-corrected chi connectivity index (χ0v) is 12.8. The highest BCUT2D eigenvalue weighted by molar-refractivity contribution is 5.53. The van der Waals surface area contributed by atoms with Gasteiger partial charge in [-0.2, -0.15) is 13.2 Å². The number of anilines is 1. The van der Waals surface area contributed by atoms with Gasteiger partial charge in [-0.05, 0) is 50.4 Å². The summed E-state index contributed by atoms with van der Waals surface area (Å²) in [5.41, 5.74) is 0.451. The number of rotatable bonds is 3. The third kappa shape index (κ3) is 3.51. The summed E-state index contributed by atoms with van der Waals surface area (Å²) in [6, 6.07) is 4.99. The number of alkyl halides is 3. The van der Waals surface area contributed by atoms with E-state index in [4.69, 9.17) is 0 Å². The van der Waals surface area contributed by atoms with Gasteiger partial charge in [-0.3, -0.25) is 0 Å². The van der Waals surface area contributed by atoms with Gasteiger partial charge in [-0.25, -0.2) is 0 Å². The fraction of sp³-hybridized carbons (Fsp3) is 0.625. The van der Waals surface area contributed by atoms with Crippen LogP contribution in [-0.2, 0) is 12.7 Å². The minimum absolute atomic E-state index is 0.223. The molecule has 0 radical (unpaired) electrons. The molecule has 1 aliphatic rings. The topological polar surface area (TPSA) is 15.3 Å². The smallest absolute Gasteiger partial charge is 0.369 e. The van der Waals surface area contributed by atoms with Gasteiger partial charge in [0.1, 0.15) is 0 Å². The molecule has 0 amide bonds. The van der Waals surface area contributed by atoms with E-state index in [1.807, 2.05) is 6.07 Å². The molecule has 1 heterocycles. The monoisotopic (exact) mass is 300 g/mol. The van der Waals surface area contributed by atoms with E-state index >= 15 is 0 Å². The van der Waals surface area contributed by atoms with Gasteiger partial charge < -0.3 is 10.2 Å². The van der Waals surface area contributed by atoms with Crippen molar-refractivity contribution in [3.63, 3.8) is 0 Å². The van der Waals surface area contributed by atoms with Crippen LogP contribution in [0.3, 0.4) is 0 Å². The van der Waals surface area contributed by atoms with Gasteiger partial charge in [0.05, 0.1) is 5.56 Å². The van der Waals surface area contributed by atoms with Gasteiger partial charge in [0.25, 0.3) is 0 Å². The molecule has 1 aromatic carbocycles. The molecule has 0 spiro atoms. The van der Waals surface area contributed by atoms with Crippen LogP contribution < -0.4 is 10.2 Å². The van der Waals surface area contributed by atoms with Crippen molar-refractivity contribution in [2.45, 2.75) is 45.5 Å². The Morgan fingerprint density at radius 3 is 2.62 bits per heavy atom. The average Bonchev–Trinajstić information content (AvgIpc) is 2.42. The Morgan fingerprint density at radius 2 is 2.00 bits per heavy atom. The second-order valence-electron chi connectivity index (χ2n) is 5.92. The van der Waals surface area contributed by atoms with Gasteiger partial charge in [0.15, 0.2) is 0 Å².